The van der Waals surface area contributed by atoms with Crippen LogP contribution in [0.25, 0.3) is 0 Å². The van der Waals surface area contributed by atoms with Crippen molar-refractivity contribution in [3.05, 3.63) is 65.5 Å². The molecule has 0 spiro atoms. The Hall–Kier alpha value is -2.40. The number of carbonyl (C=O) groups excluding carboxylic acids is 1. The van der Waals surface area contributed by atoms with Gasteiger partial charge < -0.3 is 14.8 Å². The van der Waals surface area contributed by atoms with Gasteiger partial charge in [-0.05, 0) is 80.5 Å². The van der Waals surface area contributed by atoms with Crippen LogP contribution < -0.4 is 10.1 Å². The first-order valence-corrected chi connectivity index (χ1v) is 11.7. The number of hydrogen-bond donors (Lipinski definition) is 1. The molecule has 2 aromatic rings. The summed E-state index contributed by atoms with van der Waals surface area (Å²) < 4.78 is 25.3. The highest BCUT2D eigenvalue weighted by Crippen LogP contribution is 2.45. The Morgan fingerprint density at radius 2 is 1.84 bits per heavy atom. The summed E-state index contributed by atoms with van der Waals surface area (Å²) in [5.74, 6) is 0.890. The molecule has 0 bridgehead atoms. The standard InChI is InChI=1S/C27H36FNO3/c1-5-26(4)19-27(15-17-32-26,22-8-10-23(28)11-9-22)14-16-29-25(30)21-6-12-24(13-7-21)31-18-20(2)3/h6-13,20H,5,14-19H2,1-4H3,(H,29,30)/t26-,27-/m1/s1. The first-order chi connectivity index (χ1) is 15.3. The molecule has 0 saturated carbocycles. The van der Waals surface area contributed by atoms with Crippen molar-refractivity contribution in [2.75, 3.05) is 19.8 Å². The number of halogens is 1. The number of nitrogens with one attached hydrogen (secondary N) is 1. The first-order valence-electron chi connectivity index (χ1n) is 11.7. The minimum Gasteiger partial charge on any atom is -0.493 e. The fourth-order valence-electron chi connectivity index (χ4n) is 4.47. The molecule has 1 heterocycles. The lowest BCUT2D eigenvalue weighted by atomic mass is 9.66. The van der Waals surface area contributed by atoms with Crippen LogP contribution in [0.2, 0.25) is 0 Å². The molecule has 174 valence electrons. The number of ether oxygens (including phenoxy) is 2. The smallest absolute Gasteiger partial charge is 0.251 e. The maximum absolute atomic E-state index is 13.6. The summed E-state index contributed by atoms with van der Waals surface area (Å²) >= 11 is 0. The second-order valence-corrected chi connectivity index (χ2v) is 9.60. The van der Waals surface area contributed by atoms with E-state index in [0.29, 0.717) is 31.2 Å². The fraction of sp³-hybridized carbons (Fsp3) is 0.519. The molecule has 2 aromatic carbocycles. The van der Waals surface area contributed by atoms with E-state index in [2.05, 4.69) is 33.0 Å². The van der Waals surface area contributed by atoms with Crippen LogP contribution in [0.3, 0.4) is 0 Å². The van der Waals surface area contributed by atoms with Gasteiger partial charge in [0.25, 0.3) is 5.91 Å². The van der Waals surface area contributed by atoms with Gasteiger partial charge in [0.1, 0.15) is 11.6 Å². The normalized spacial score (nSPS) is 23.2. The molecule has 1 aliphatic heterocycles. The zero-order valence-electron chi connectivity index (χ0n) is 19.7. The Bertz CT molecular complexity index is 881. The summed E-state index contributed by atoms with van der Waals surface area (Å²) in [5, 5.41) is 3.07. The minimum atomic E-state index is -0.233. The molecule has 1 N–H and O–H groups in total. The highest BCUT2D eigenvalue weighted by Gasteiger charge is 2.43. The molecule has 3 rings (SSSR count). The van der Waals surface area contributed by atoms with Crippen molar-refractivity contribution in [1.82, 2.24) is 5.32 Å². The van der Waals surface area contributed by atoms with E-state index in [-0.39, 0.29) is 22.7 Å². The van der Waals surface area contributed by atoms with E-state index in [1.54, 1.807) is 12.1 Å². The lowest BCUT2D eigenvalue weighted by molar-refractivity contribution is -0.0978. The molecule has 0 radical (unpaired) electrons. The molecule has 0 aromatic heterocycles. The number of hydrogen-bond acceptors (Lipinski definition) is 3. The summed E-state index contributed by atoms with van der Waals surface area (Å²) in [6.45, 7) is 10.3. The topological polar surface area (TPSA) is 47.6 Å². The molecule has 1 fully saturated rings. The first kappa shape index (κ1) is 24.2. The Morgan fingerprint density at radius 1 is 1.16 bits per heavy atom. The maximum Gasteiger partial charge on any atom is 0.251 e. The van der Waals surface area contributed by atoms with Crippen LogP contribution in [0, 0.1) is 11.7 Å². The quantitative estimate of drug-likeness (QED) is 0.527. The van der Waals surface area contributed by atoms with Crippen molar-refractivity contribution >= 4 is 5.91 Å². The fourth-order valence-corrected chi connectivity index (χ4v) is 4.47. The molecular weight excluding hydrogens is 405 g/mol. The van der Waals surface area contributed by atoms with Gasteiger partial charge in [-0.1, -0.05) is 32.9 Å². The van der Waals surface area contributed by atoms with Crippen LogP contribution in [-0.4, -0.2) is 31.3 Å². The monoisotopic (exact) mass is 441 g/mol. The van der Waals surface area contributed by atoms with Crippen molar-refractivity contribution < 1.29 is 18.7 Å². The number of benzene rings is 2. The molecule has 0 unspecified atom stereocenters. The summed E-state index contributed by atoms with van der Waals surface area (Å²) in [4.78, 5) is 12.7. The van der Waals surface area contributed by atoms with Gasteiger partial charge in [-0.3, -0.25) is 4.79 Å². The maximum atomic E-state index is 13.6. The van der Waals surface area contributed by atoms with Crippen LogP contribution >= 0.6 is 0 Å². The Morgan fingerprint density at radius 3 is 2.47 bits per heavy atom. The number of amides is 1. The van der Waals surface area contributed by atoms with Crippen LogP contribution in [0.5, 0.6) is 5.75 Å². The van der Waals surface area contributed by atoms with Crippen molar-refractivity contribution in [1.29, 1.82) is 0 Å². The average Bonchev–Trinajstić information content (AvgIpc) is 2.78. The molecular formula is C27H36FNO3. The second-order valence-electron chi connectivity index (χ2n) is 9.60. The van der Waals surface area contributed by atoms with E-state index in [1.165, 1.54) is 12.1 Å². The Labute approximate surface area is 191 Å². The van der Waals surface area contributed by atoms with Crippen LogP contribution in [0.15, 0.2) is 48.5 Å². The van der Waals surface area contributed by atoms with Crippen LogP contribution in [0.1, 0.15) is 69.3 Å². The molecule has 1 amide bonds. The predicted molar refractivity (Wildman–Crippen MR) is 126 cm³/mol. The van der Waals surface area contributed by atoms with E-state index >= 15 is 0 Å². The molecule has 32 heavy (non-hydrogen) atoms. The average molecular weight is 442 g/mol. The Kier molecular flexibility index (Phi) is 7.94. The molecule has 2 atom stereocenters. The summed E-state index contributed by atoms with van der Waals surface area (Å²) in [6.07, 6.45) is 3.39. The highest BCUT2D eigenvalue weighted by molar-refractivity contribution is 5.94. The second kappa shape index (κ2) is 10.5. The third kappa shape index (κ3) is 6.10. The zero-order chi connectivity index (χ0) is 23.2. The number of carbonyl (C=O) groups is 1. The summed E-state index contributed by atoms with van der Waals surface area (Å²) in [5.41, 5.74) is 1.35. The van der Waals surface area contributed by atoms with Crippen molar-refractivity contribution in [2.45, 2.75) is 64.4 Å². The number of rotatable bonds is 9. The van der Waals surface area contributed by atoms with E-state index in [4.69, 9.17) is 9.47 Å². The molecule has 4 nitrogen and oxygen atoms in total. The highest BCUT2D eigenvalue weighted by atomic mass is 19.1. The lowest BCUT2D eigenvalue weighted by Crippen LogP contribution is -2.47. The van der Waals surface area contributed by atoms with Gasteiger partial charge in [-0.25, -0.2) is 4.39 Å². The minimum absolute atomic E-state index is 0.0972. The van der Waals surface area contributed by atoms with E-state index in [9.17, 15) is 9.18 Å². The summed E-state index contributed by atoms with van der Waals surface area (Å²) in [7, 11) is 0. The van der Waals surface area contributed by atoms with Crippen molar-refractivity contribution in [3.8, 4) is 5.75 Å². The third-order valence-corrected chi connectivity index (χ3v) is 6.54. The van der Waals surface area contributed by atoms with Gasteiger partial charge in [0.2, 0.25) is 0 Å². The van der Waals surface area contributed by atoms with E-state index in [1.807, 2.05) is 24.3 Å². The lowest BCUT2D eigenvalue weighted by Gasteiger charge is -2.47. The van der Waals surface area contributed by atoms with E-state index in [0.717, 1.165) is 37.0 Å². The van der Waals surface area contributed by atoms with Gasteiger partial charge in [0.05, 0.1) is 12.2 Å². The zero-order valence-corrected chi connectivity index (χ0v) is 19.7. The van der Waals surface area contributed by atoms with Crippen molar-refractivity contribution in [3.63, 3.8) is 0 Å². The van der Waals surface area contributed by atoms with Gasteiger partial charge >= 0.3 is 0 Å². The SMILES string of the molecule is CC[C@]1(C)C[C@](CCNC(=O)c2ccc(OCC(C)C)cc2)(c2ccc(F)cc2)CCO1. The van der Waals surface area contributed by atoms with E-state index < -0.39 is 0 Å². The van der Waals surface area contributed by atoms with Gasteiger partial charge in [-0.15, -0.1) is 0 Å². The molecule has 1 aliphatic rings. The molecule has 1 saturated heterocycles. The Balaban J connectivity index is 1.66. The van der Waals surface area contributed by atoms with Gasteiger partial charge in [0, 0.05) is 24.1 Å². The largest absolute Gasteiger partial charge is 0.493 e. The van der Waals surface area contributed by atoms with Gasteiger partial charge in [0.15, 0.2) is 0 Å². The van der Waals surface area contributed by atoms with Gasteiger partial charge in [-0.2, -0.15) is 0 Å². The predicted octanol–water partition coefficient (Wildman–Crippen LogP) is 5.90. The van der Waals surface area contributed by atoms with Crippen LogP contribution in [0.4, 0.5) is 4.39 Å². The van der Waals surface area contributed by atoms with Crippen LogP contribution in [-0.2, 0) is 10.2 Å². The molecule has 0 aliphatic carbocycles. The summed E-state index contributed by atoms with van der Waals surface area (Å²) in [6, 6.07) is 14.1. The van der Waals surface area contributed by atoms with Crippen molar-refractivity contribution in [2.24, 2.45) is 5.92 Å². The molecule has 5 heteroatoms. The third-order valence-electron chi connectivity index (χ3n) is 6.54.